The van der Waals surface area contributed by atoms with E-state index in [0.717, 1.165) is 8.95 Å². The lowest BCUT2D eigenvalue weighted by Crippen LogP contribution is -2.12. The molecule has 1 rings (SSSR count). The summed E-state index contributed by atoms with van der Waals surface area (Å²) in [4.78, 5) is 13.3. The van der Waals surface area contributed by atoms with Gasteiger partial charge in [-0.2, -0.15) is 0 Å². The normalized spacial score (nSPS) is 11.2. The topological polar surface area (TPSA) is 38.3 Å². The molecule has 0 aliphatic rings. The van der Waals surface area contributed by atoms with E-state index in [1.54, 1.807) is 31.2 Å². The van der Waals surface area contributed by atoms with Crippen molar-refractivity contribution >= 4 is 59.4 Å². The highest BCUT2D eigenvalue weighted by Gasteiger charge is 2.10. The molecule has 1 N–H and O–H groups in total. The average Bonchev–Trinajstić information content (AvgIpc) is 2.32. The van der Waals surface area contributed by atoms with Crippen LogP contribution in [0.25, 0.3) is 0 Å². The predicted octanol–water partition coefficient (Wildman–Crippen LogP) is 4.46. The third kappa shape index (κ3) is 3.82. The van der Waals surface area contributed by atoms with Crippen molar-refractivity contribution in [2.45, 2.75) is 6.92 Å². The number of methoxy groups -OCH3 is 1. The monoisotopic (exact) mass is 425 g/mol. The van der Waals surface area contributed by atoms with Crippen molar-refractivity contribution in [2.24, 2.45) is 0 Å². The van der Waals surface area contributed by atoms with Gasteiger partial charge in [-0.15, -0.1) is 0 Å². The molecule has 0 radical (unpaired) electrons. The Labute approximate surface area is 125 Å². The minimum Gasteiger partial charge on any atom is -0.496 e. The van der Waals surface area contributed by atoms with E-state index in [9.17, 15) is 4.79 Å². The maximum atomic E-state index is 11.7. The molecule has 6 heteroatoms. The first kappa shape index (κ1) is 14.7. The molecule has 0 aliphatic carbocycles. The summed E-state index contributed by atoms with van der Waals surface area (Å²) in [7, 11) is 1.59. The first-order chi connectivity index (χ1) is 7.99. The molecule has 0 saturated heterocycles. The number of benzene rings is 1. The van der Waals surface area contributed by atoms with Crippen LogP contribution in [-0.4, -0.2) is 13.0 Å². The average molecular weight is 428 g/mol. The van der Waals surface area contributed by atoms with Crippen LogP contribution in [-0.2, 0) is 4.79 Å². The highest BCUT2D eigenvalue weighted by Crippen LogP contribution is 2.34. The van der Waals surface area contributed by atoms with Crippen molar-refractivity contribution < 1.29 is 9.53 Å². The Morgan fingerprint density at radius 2 is 2.00 bits per heavy atom. The van der Waals surface area contributed by atoms with Gasteiger partial charge in [0.15, 0.2) is 0 Å². The molecular formula is C11H10Br3NO2. The molecule has 0 aliphatic heterocycles. The fourth-order valence-corrected chi connectivity index (χ4v) is 2.19. The minimum atomic E-state index is -0.167. The molecule has 0 heterocycles. The molecule has 17 heavy (non-hydrogen) atoms. The Hall–Kier alpha value is -0.330. The van der Waals surface area contributed by atoms with Crippen LogP contribution in [0.2, 0.25) is 0 Å². The van der Waals surface area contributed by atoms with Crippen molar-refractivity contribution in [2.75, 3.05) is 12.4 Å². The molecule has 0 bridgehead atoms. The number of hydrogen-bond acceptors (Lipinski definition) is 2. The molecule has 0 saturated carbocycles. The lowest BCUT2D eigenvalue weighted by molar-refractivity contribution is -0.112. The van der Waals surface area contributed by atoms with Crippen molar-refractivity contribution in [1.82, 2.24) is 0 Å². The van der Waals surface area contributed by atoms with Gasteiger partial charge in [0.2, 0.25) is 0 Å². The summed E-state index contributed by atoms with van der Waals surface area (Å²) >= 11 is 9.86. The van der Waals surface area contributed by atoms with E-state index in [-0.39, 0.29) is 5.91 Å². The van der Waals surface area contributed by atoms with Crippen LogP contribution >= 0.6 is 47.8 Å². The van der Waals surface area contributed by atoms with E-state index in [0.29, 0.717) is 17.0 Å². The highest BCUT2D eigenvalue weighted by atomic mass is 79.9. The molecule has 0 aromatic heterocycles. The maximum Gasteiger partial charge on any atom is 0.251 e. The number of carbonyl (C=O) groups excluding carboxylic acids is 1. The zero-order valence-corrected chi connectivity index (χ0v) is 13.9. The Bertz CT molecular complexity index is 472. The molecule has 0 unspecified atom stereocenters. The zero-order chi connectivity index (χ0) is 13.0. The summed E-state index contributed by atoms with van der Waals surface area (Å²) in [6, 6.07) is 3.56. The number of carbonyl (C=O) groups is 1. The molecule has 0 atom stereocenters. The molecule has 3 nitrogen and oxygen atoms in total. The summed E-state index contributed by atoms with van der Waals surface area (Å²) in [5.74, 6) is 0.530. The van der Waals surface area contributed by atoms with E-state index in [4.69, 9.17) is 4.74 Å². The molecule has 0 fully saturated rings. The Balaban J connectivity index is 3.00. The van der Waals surface area contributed by atoms with Gasteiger partial charge in [-0.1, -0.05) is 15.9 Å². The minimum absolute atomic E-state index is 0.167. The van der Waals surface area contributed by atoms with Crippen LogP contribution in [0.4, 0.5) is 5.69 Å². The second-order valence-corrected chi connectivity index (χ2v) is 5.38. The second kappa shape index (κ2) is 6.56. The smallest absolute Gasteiger partial charge is 0.251 e. The number of hydrogen-bond donors (Lipinski definition) is 1. The number of amides is 1. The molecule has 1 amide bonds. The number of ether oxygens (including phenoxy) is 1. The van der Waals surface area contributed by atoms with Crippen molar-refractivity contribution in [3.8, 4) is 5.75 Å². The van der Waals surface area contributed by atoms with Crippen molar-refractivity contribution in [1.29, 1.82) is 0 Å². The number of anilines is 1. The largest absolute Gasteiger partial charge is 0.496 e. The number of rotatable bonds is 3. The quantitative estimate of drug-likeness (QED) is 0.723. The summed E-state index contributed by atoms with van der Waals surface area (Å²) in [5, 5.41) is 2.78. The van der Waals surface area contributed by atoms with Gasteiger partial charge >= 0.3 is 0 Å². The van der Waals surface area contributed by atoms with Gasteiger partial charge in [-0.05, 0) is 55.9 Å². The Morgan fingerprint density at radius 3 is 2.53 bits per heavy atom. The van der Waals surface area contributed by atoms with Gasteiger partial charge < -0.3 is 10.1 Å². The first-order valence-electron chi connectivity index (χ1n) is 4.61. The van der Waals surface area contributed by atoms with Gasteiger partial charge in [0.1, 0.15) is 5.75 Å². The van der Waals surface area contributed by atoms with Gasteiger partial charge in [-0.25, -0.2) is 0 Å². The molecule has 92 valence electrons. The molecule has 1 aromatic rings. The van der Waals surface area contributed by atoms with Crippen molar-refractivity contribution in [3.05, 3.63) is 31.6 Å². The standard InChI is InChI=1S/C11H10Br3NO2/c1-6(5-12)11(16)15-9-3-8(14)10(17-2)4-7(9)13/h3-5H,1-2H3,(H,15,16)/b6-5+. The fraction of sp³-hybridized carbons (Fsp3) is 0.182. The lowest BCUT2D eigenvalue weighted by Gasteiger charge is -2.10. The van der Waals surface area contributed by atoms with Crippen molar-refractivity contribution in [3.63, 3.8) is 0 Å². The summed E-state index contributed by atoms with van der Waals surface area (Å²) in [5.41, 5.74) is 1.26. The first-order valence-corrected chi connectivity index (χ1v) is 7.11. The van der Waals surface area contributed by atoms with Gasteiger partial charge in [-0.3, -0.25) is 4.79 Å². The summed E-state index contributed by atoms with van der Waals surface area (Å²) in [6.45, 7) is 1.72. The maximum absolute atomic E-state index is 11.7. The van der Waals surface area contributed by atoms with E-state index >= 15 is 0 Å². The van der Waals surface area contributed by atoms with Crippen LogP contribution < -0.4 is 10.1 Å². The zero-order valence-electron chi connectivity index (χ0n) is 9.18. The van der Waals surface area contributed by atoms with Gasteiger partial charge in [0.25, 0.3) is 5.91 Å². The summed E-state index contributed by atoms with van der Waals surface area (Å²) < 4.78 is 6.68. The third-order valence-electron chi connectivity index (χ3n) is 2.01. The SMILES string of the molecule is COc1cc(Br)c(NC(=O)/C(C)=C/Br)cc1Br. The lowest BCUT2D eigenvalue weighted by atomic mass is 10.2. The van der Waals surface area contributed by atoms with E-state index < -0.39 is 0 Å². The van der Waals surface area contributed by atoms with Gasteiger partial charge in [0, 0.05) is 10.0 Å². The van der Waals surface area contributed by atoms with E-state index in [2.05, 4.69) is 53.1 Å². The molecule has 0 spiro atoms. The Morgan fingerprint density at radius 1 is 1.35 bits per heavy atom. The van der Waals surface area contributed by atoms with Crippen LogP contribution in [0.5, 0.6) is 5.75 Å². The Kier molecular flexibility index (Phi) is 5.69. The van der Waals surface area contributed by atoms with Gasteiger partial charge in [0.05, 0.1) is 17.3 Å². The highest BCUT2D eigenvalue weighted by molar-refractivity contribution is 9.11. The predicted molar refractivity (Wildman–Crippen MR) is 79.7 cm³/mol. The number of halogens is 3. The van der Waals surface area contributed by atoms with Crippen LogP contribution in [0, 0.1) is 0 Å². The van der Waals surface area contributed by atoms with Crippen LogP contribution in [0.3, 0.4) is 0 Å². The molecule has 1 aromatic carbocycles. The van der Waals surface area contributed by atoms with E-state index in [1.807, 2.05) is 0 Å². The second-order valence-electron chi connectivity index (χ2n) is 3.21. The third-order valence-corrected chi connectivity index (χ3v) is 3.97. The number of nitrogens with one attached hydrogen (secondary N) is 1. The fourth-order valence-electron chi connectivity index (χ4n) is 1.05. The van der Waals surface area contributed by atoms with Crippen LogP contribution in [0.1, 0.15) is 6.92 Å². The summed E-state index contributed by atoms with van der Waals surface area (Å²) in [6.07, 6.45) is 0. The van der Waals surface area contributed by atoms with Crippen LogP contribution in [0.15, 0.2) is 31.6 Å². The van der Waals surface area contributed by atoms with E-state index in [1.165, 1.54) is 0 Å². The molecular weight excluding hydrogens is 418 g/mol.